The van der Waals surface area contributed by atoms with Crippen LogP contribution in [0.5, 0.6) is 5.75 Å². The van der Waals surface area contributed by atoms with Crippen LogP contribution in [-0.2, 0) is 7.05 Å². The summed E-state index contributed by atoms with van der Waals surface area (Å²) in [6.45, 7) is 2.77. The van der Waals surface area contributed by atoms with Crippen molar-refractivity contribution in [3.05, 3.63) is 60.3 Å². The molecule has 4 heteroatoms. The van der Waals surface area contributed by atoms with Crippen molar-refractivity contribution in [2.45, 2.75) is 6.92 Å². The molecule has 0 radical (unpaired) electrons. The number of carbonyl (C=O) groups excluding carboxylic acids is 1. The van der Waals surface area contributed by atoms with E-state index in [1.165, 1.54) is 0 Å². The molecule has 0 amide bonds. The molecule has 0 saturated heterocycles. The Balaban J connectivity index is 1.80. The highest BCUT2D eigenvalue weighted by Crippen LogP contribution is 2.24. The number of hydrogen-bond acceptors (Lipinski definition) is 3. The summed E-state index contributed by atoms with van der Waals surface area (Å²) in [5.41, 5.74) is 2.64. The number of nitrogens with one attached hydrogen (secondary N) is 1. The Bertz CT molecular complexity index is 836. The molecule has 1 N–H and O–H groups in total. The van der Waals surface area contributed by atoms with Crippen molar-refractivity contribution in [3.8, 4) is 5.75 Å². The van der Waals surface area contributed by atoms with Crippen molar-refractivity contribution >= 4 is 22.4 Å². The van der Waals surface area contributed by atoms with Crippen molar-refractivity contribution in [1.82, 2.24) is 4.57 Å². The van der Waals surface area contributed by atoms with E-state index in [4.69, 9.17) is 4.74 Å². The van der Waals surface area contributed by atoms with Gasteiger partial charge in [-0.3, -0.25) is 4.79 Å². The van der Waals surface area contributed by atoms with Crippen LogP contribution in [0.25, 0.3) is 10.9 Å². The minimum atomic E-state index is 0.0631. The van der Waals surface area contributed by atoms with E-state index in [1.54, 1.807) is 0 Å². The summed E-state index contributed by atoms with van der Waals surface area (Å²) >= 11 is 0. The molecule has 0 saturated carbocycles. The zero-order valence-electron chi connectivity index (χ0n) is 13.4. The van der Waals surface area contributed by atoms with Crippen LogP contribution in [-0.4, -0.2) is 23.5 Å². The van der Waals surface area contributed by atoms with Crippen LogP contribution >= 0.6 is 0 Å². The lowest BCUT2D eigenvalue weighted by molar-refractivity contribution is 0.101. The largest absolute Gasteiger partial charge is 0.492 e. The van der Waals surface area contributed by atoms with Gasteiger partial charge in [-0.25, -0.2) is 0 Å². The van der Waals surface area contributed by atoms with Gasteiger partial charge in [-0.2, -0.15) is 0 Å². The number of nitrogens with zero attached hydrogens (tertiary/aromatic N) is 1. The summed E-state index contributed by atoms with van der Waals surface area (Å²) < 4.78 is 7.55. The topological polar surface area (TPSA) is 43.3 Å². The molecule has 0 aliphatic heterocycles. The molecule has 1 heterocycles. The summed E-state index contributed by atoms with van der Waals surface area (Å²) in [7, 11) is 1.96. The molecule has 23 heavy (non-hydrogen) atoms. The maximum atomic E-state index is 12.6. The van der Waals surface area contributed by atoms with E-state index in [1.807, 2.05) is 73.3 Å². The van der Waals surface area contributed by atoms with Crippen molar-refractivity contribution in [2.75, 3.05) is 18.5 Å². The highest BCUT2D eigenvalue weighted by molar-refractivity contribution is 6.09. The second kappa shape index (κ2) is 6.57. The molecule has 0 fully saturated rings. The van der Waals surface area contributed by atoms with Gasteiger partial charge in [0.2, 0.25) is 0 Å². The maximum Gasteiger partial charge on any atom is 0.184 e. The van der Waals surface area contributed by atoms with E-state index < -0.39 is 0 Å². The smallest absolute Gasteiger partial charge is 0.184 e. The SMILES string of the molecule is CCOc1ccccc1NCC(=O)c1cn(C)c2ccccc12. The van der Waals surface area contributed by atoms with Gasteiger partial charge in [-0.1, -0.05) is 30.3 Å². The number of aromatic nitrogens is 1. The first-order valence-electron chi connectivity index (χ1n) is 7.73. The summed E-state index contributed by atoms with van der Waals surface area (Å²) in [4.78, 5) is 12.6. The molecule has 1 aromatic heterocycles. The molecule has 0 bridgehead atoms. The van der Waals surface area contributed by atoms with Crippen LogP contribution in [0, 0.1) is 0 Å². The van der Waals surface area contributed by atoms with E-state index in [0.29, 0.717) is 6.61 Å². The summed E-state index contributed by atoms with van der Waals surface area (Å²) in [6.07, 6.45) is 1.89. The summed E-state index contributed by atoms with van der Waals surface area (Å²) in [5, 5.41) is 4.17. The average Bonchev–Trinajstić information content (AvgIpc) is 2.92. The molecule has 2 aromatic carbocycles. The molecule has 0 aliphatic carbocycles. The number of ether oxygens (including phenoxy) is 1. The number of benzene rings is 2. The third-order valence-corrected chi connectivity index (χ3v) is 3.82. The molecule has 0 aliphatic rings. The molecule has 0 atom stereocenters. The van der Waals surface area contributed by atoms with Crippen molar-refractivity contribution < 1.29 is 9.53 Å². The number of rotatable bonds is 6. The monoisotopic (exact) mass is 308 g/mol. The third-order valence-electron chi connectivity index (χ3n) is 3.82. The summed E-state index contributed by atoms with van der Waals surface area (Å²) in [6, 6.07) is 15.6. The molecular formula is C19H20N2O2. The van der Waals surface area contributed by atoms with Gasteiger partial charge in [0.25, 0.3) is 0 Å². The Kier molecular flexibility index (Phi) is 4.33. The predicted octanol–water partition coefficient (Wildman–Crippen LogP) is 3.87. The Morgan fingerprint density at radius 2 is 1.87 bits per heavy atom. The van der Waals surface area contributed by atoms with Crippen molar-refractivity contribution in [3.63, 3.8) is 0 Å². The van der Waals surface area contributed by atoms with E-state index >= 15 is 0 Å². The van der Waals surface area contributed by atoms with Gasteiger partial charge in [0.1, 0.15) is 5.75 Å². The lowest BCUT2D eigenvalue weighted by Gasteiger charge is -2.11. The lowest BCUT2D eigenvalue weighted by atomic mass is 10.1. The number of aryl methyl sites for hydroxylation is 1. The molecule has 4 nitrogen and oxygen atoms in total. The number of Topliss-reactive ketones (excluding diaryl/α,β-unsaturated/α-hetero) is 1. The van der Waals surface area contributed by atoms with Crippen LogP contribution in [0.15, 0.2) is 54.7 Å². The number of hydrogen-bond donors (Lipinski definition) is 1. The minimum absolute atomic E-state index is 0.0631. The predicted molar refractivity (Wildman–Crippen MR) is 93.4 cm³/mol. The van der Waals surface area contributed by atoms with Gasteiger partial charge in [-0.05, 0) is 25.1 Å². The van der Waals surface area contributed by atoms with Crippen LogP contribution in [0.3, 0.4) is 0 Å². The maximum absolute atomic E-state index is 12.6. The second-order valence-electron chi connectivity index (χ2n) is 5.38. The van der Waals surface area contributed by atoms with Crippen LogP contribution in [0.2, 0.25) is 0 Å². The third kappa shape index (κ3) is 3.06. The van der Waals surface area contributed by atoms with Gasteiger partial charge in [0, 0.05) is 29.7 Å². The zero-order chi connectivity index (χ0) is 16.2. The van der Waals surface area contributed by atoms with Crippen molar-refractivity contribution in [1.29, 1.82) is 0 Å². The molecule has 0 spiro atoms. The van der Waals surface area contributed by atoms with E-state index in [0.717, 1.165) is 27.9 Å². The highest BCUT2D eigenvalue weighted by atomic mass is 16.5. The summed E-state index contributed by atoms with van der Waals surface area (Å²) in [5.74, 6) is 0.828. The van der Waals surface area contributed by atoms with Crippen LogP contribution in [0.1, 0.15) is 17.3 Å². The number of para-hydroxylation sites is 3. The molecule has 0 unspecified atom stereocenters. The van der Waals surface area contributed by atoms with Gasteiger partial charge in [-0.15, -0.1) is 0 Å². The molecule has 118 valence electrons. The van der Waals surface area contributed by atoms with Gasteiger partial charge >= 0.3 is 0 Å². The zero-order valence-corrected chi connectivity index (χ0v) is 13.4. The lowest BCUT2D eigenvalue weighted by Crippen LogP contribution is -2.14. The number of ketones is 1. The van der Waals surface area contributed by atoms with Gasteiger partial charge in [0.15, 0.2) is 5.78 Å². The van der Waals surface area contributed by atoms with E-state index in [9.17, 15) is 4.79 Å². The van der Waals surface area contributed by atoms with E-state index in [-0.39, 0.29) is 12.3 Å². The van der Waals surface area contributed by atoms with E-state index in [2.05, 4.69) is 5.32 Å². The fourth-order valence-electron chi connectivity index (χ4n) is 2.73. The van der Waals surface area contributed by atoms with Crippen LogP contribution < -0.4 is 10.1 Å². The Labute approximate surface area is 135 Å². The Morgan fingerprint density at radius 3 is 2.70 bits per heavy atom. The molecule has 3 aromatic rings. The first-order chi connectivity index (χ1) is 11.2. The Hall–Kier alpha value is -2.75. The highest BCUT2D eigenvalue weighted by Gasteiger charge is 2.14. The normalized spacial score (nSPS) is 10.7. The number of fused-ring (bicyclic) bond motifs is 1. The van der Waals surface area contributed by atoms with Crippen LogP contribution in [0.4, 0.5) is 5.69 Å². The Morgan fingerprint density at radius 1 is 1.13 bits per heavy atom. The second-order valence-corrected chi connectivity index (χ2v) is 5.38. The minimum Gasteiger partial charge on any atom is -0.492 e. The number of anilines is 1. The van der Waals surface area contributed by atoms with Gasteiger partial charge < -0.3 is 14.6 Å². The number of carbonyl (C=O) groups is 1. The quantitative estimate of drug-likeness (QED) is 0.703. The average molecular weight is 308 g/mol. The van der Waals surface area contributed by atoms with Gasteiger partial charge in [0.05, 0.1) is 18.8 Å². The first-order valence-corrected chi connectivity index (χ1v) is 7.73. The molecule has 3 rings (SSSR count). The fraction of sp³-hybridized carbons (Fsp3) is 0.211. The first kappa shape index (κ1) is 15.2. The molecular weight excluding hydrogens is 288 g/mol. The fourth-order valence-corrected chi connectivity index (χ4v) is 2.73. The standard InChI is InChI=1S/C19H20N2O2/c1-3-23-19-11-7-5-9-16(19)20-12-18(22)15-13-21(2)17-10-6-4-8-14(15)17/h4-11,13,20H,3,12H2,1-2H3. The van der Waals surface area contributed by atoms with Crippen molar-refractivity contribution in [2.24, 2.45) is 7.05 Å².